The Morgan fingerprint density at radius 3 is 2.79 bits per heavy atom. The van der Waals surface area contributed by atoms with Gasteiger partial charge >= 0.3 is 0 Å². The Morgan fingerprint density at radius 2 is 1.89 bits per heavy atom. The van der Waals surface area contributed by atoms with E-state index in [1.54, 1.807) is 0 Å². The fraction of sp³-hybridized carbons (Fsp3) is 0.389. The Bertz CT molecular complexity index is 523. The highest BCUT2D eigenvalue weighted by Gasteiger charge is 1.98. The summed E-state index contributed by atoms with van der Waals surface area (Å²) in [5.74, 6) is 0. The maximum absolute atomic E-state index is 4.49. The standard InChI is InChI=1S/C18H23N/c1-2-3-4-5-6-7-8-11-16-12-9-13-17-14-10-15-19-18(16)17/h7-10,12-15H,2-6,11H2,1H3/b8-7+. The third kappa shape index (κ3) is 4.20. The molecular weight excluding hydrogens is 230 g/mol. The monoisotopic (exact) mass is 253 g/mol. The largest absolute Gasteiger partial charge is 0.256 e. The zero-order valence-electron chi connectivity index (χ0n) is 11.8. The van der Waals surface area contributed by atoms with E-state index >= 15 is 0 Å². The van der Waals surface area contributed by atoms with Crippen molar-refractivity contribution in [3.05, 3.63) is 54.2 Å². The molecule has 0 aliphatic carbocycles. The molecule has 0 spiro atoms. The molecule has 1 nitrogen and oxygen atoms in total. The lowest BCUT2D eigenvalue weighted by molar-refractivity contribution is 0.674. The van der Waals surface area contributed by atoms with Crippen molar-refractivity contribution in [3.63, 3.8) is 0 Å². The van der Waals surface area contributed by atoms with Crippen LogP contribution in [0.5, 0.6) is 0 Å². The minimum absolute atomic E-state index is 0.988. The summed E-state index contributed by atoms with van der Waals surface area (Å²) in [6, 6.07) is 10.5. The van der Waals surface area contributed by atoms with E-state index in [-0.39, 0.29) is 0 Å². The zero-order chi connectivity index (χ0) is 13.3. The first-order valence-electron chi connectivity index (χ1n) is 7.39. The quantitative estimate of drug-likeness (QED) is 0.481. The van der Waals surface area contributed by atoms with Gasteiger partial charge in [0.15, 0.2) is 0 Å². The normalized spacial score (nSPS) is 11.4. The summed E-state index contributed by atoms with van der Waals surface area (Å²) in [5, 5.41) is 1.23. The van der Waals surface area contributed by atoms with E-state index in [4.69, 9.17) is 0 Å². The van der Waals surface area contributed by atoms with Crippen molar-refractivity contribution in [2.45, 2.75) is 45.4 Å². The van der Waals surface area contributed by atoms with Crippen LogP contribution in [0, 0.1) is 0 Å². The Labute approximate surface area is 116 Å². The van der Waals surface area contributed by atoms with Crippen LogP contribution in [-0.2, 0) is 6.42 Å². The molecule has 0 unspecified atom stereocenters. The molecule has 100 valence electrons. The molecule has 0 atom stereocenters. The molecule has 1 heterocycles. The minimum Gasteiger partial charge on any atom is -0.256 e. The molecule has 2 aromatic rings. The number of aromatic nitrogens is 1. The lowest BCUT2D eigenvalue weighted by Gasteiger charge is -2.02. The van der Waals surface area contributed by atoms with E-state index in [0.29, 0.717) is 0 Å². The fourth-order valence-corrected chi connectivity index (χ4v) is 2.35. The molecule has 0 amide bonds. The minimum atomic E-state index is 0.988. The van der Waals surface area contributed by atoms with Gasteiger partial charge in [0.25, 0.3) is 0 Å². The maximum atomic E-state index is 4.49. The van der Waals surface area contributed by atoms with Crippen LogP contribution >= 0.6 is 0 Å². The van der Waals surface area contributed by atoms with Gasteiger partial charge in [0.2, 0.25) is 0 Å². The van der Waals surface area contributed by atoms with Crippen molar-refractivity contribution < 1.29 is 0 Å². The number of hydrogen-bond donors (Lipinski definition) is 0. The van der Waals surface area contributed by atoms with Gasteiger partial charge in [-0.25, -0.2) is 0 Å². The van der Waals surface area contributed by atoms with Gasteiger partial charge in [-0.1, -0.05) is 62.6 Å². The molecule has 0 radical (unpaired) electrons. The molecule has 0 saturated heterocycles. The molecular formula is C18H23N. The summed E-state index contributed by atoms with van der Waals surface area (Å²) in [5.41, 5.74) is 2.46. The summed E-state index contributed by atoms with van der Waals surface area (Å²) < 4.78 is 0. The van der Waals surface area contributed by atoms with Gasteiger partial charge in [0.05, 0.1) is 5.52 Å². The number of unbranched alkanes of at least 4 members (excludes halogenated alkanes) is 4. The number of rotatable bonds is 7. The molecule has 0 aliphatic rings. The van der Waals surface area contributed by atoms with Crippen LogP contribution in [0.4, 0.5) is 0 Å². The van der Waals surface area contributed by atoms with Gasteiger partial charge in [0.1, 0.15) is 0 Å². The lowest BCUT2D eigenvalue weighted by atomic mass is 10.1. The Kier molecular flexibility index (Phi) is 5.61. The number of allylic oxidation sites excluding steroid dienone is 2. The van der Waals surface area contributed by atoms with Crippen molar-refractivity contribution in [1.29, 1.82) is 0 Å². The van der Waals surface area contributed by atoms with Crippen molar-refractivity contribution in [2.75, 3.05) is 0 Å². The van der Waals surface area contributed by atoms with E-state index in [2.05, 4.69) is 48.3 Å². The lowest BCUT2D eigenvalue weighted by Crippen LogP contribution is -1.87. The number of benzene rings is 1. The van der Waals surface area contributed by atoms with E-state index in [1.807, 2.05) is 12.3 Å². The van der Waals surface area contributed by atoms with Crippen molar-refractivity contribution >= 4 is 10.9 Å². The molecule has 1 heteroatoms. The molecule has 0 N–H and O–H groups in total. The number of fused-ring (bicyclic) bond motifs is 1. The topological polar surface area (TPSA) is 12.9 Å². The van der Waals surface area contributed by atoms with Crippen molar-refractivity contribution in [3.8, 4) is 0 Å². The van der Waals surface area contributed by atoms with E-state index in [1.165, 1.54) is 43.1 Å². The highest BCUT2D eigenvalue weighted by atomic mass is 14.6. The molecule has 0 fully saturated rings. The Hall–Kier alpha value is -1.63. The zero-order valence-corrected chi connectivity index (χ0v) is 11.8. The van der Waals surface area contributed by atoms with E-state index < -0.39 is 0 Å². The predicted molar refractivity (Wildman–Crippen MR) is 83.3 cm³/mol. The van der Waals surface area contributed by atoms with Crippen LogP contribution in [0.2, 0.25) is 0 Å². The van der Waals surface area contributed by atoms with Gasteiger partial charge in [-0.3, -0.25) is 4.98 Å². The molecule has 19 heavy (non-hydrogen) atoms. The molecule has 0 aliphatic heterocycles. The molecule has 2 rings (SSSR count). The van der Waals surface area contributed by atoms with Gasteiger partial charge in [-0.15, -0.1) is 0 Å². The fourth-order valence-electron chi connectivity index (χ4n) is 2.35. The third-order valence-electron chi connectivity index (χ3n) is 3.45. The number of pyridine rings is 1. The summed E-state index contributed by atoms with van der Waals surface area (Å²) in [6.07, 6.45) is 14.0. The van der Waals surface area contributed by atoms with Crippen LogP contribution < -0.4 is 0 Å². The SMILES string of the molecule is CCCCCC/C=C/Cc1cccc2cccnc12. The van der Waals surface area contributed by atoms with E-state index in [9.17, 15) is 0 Å². The number of para-hydroxylation sites is 1. The van der Waals surface area contributed by atoms with Crippen molar-refractivity contribution in [2.24, 2.45) is 0 Å². The van der Waals surface area contributed by atoms with Gasteiger partial charge in [-0.2, -0.15) is 0 Å². The summed E-state index contributed by atoms with van der Waals surface area (Å²) >= 11 is 0. The molecule has 0 saturated carbocycles. The third-order valence-corrected chi connectivity index (χ3v) is 3.45. The van der Waals surface area contributed by atoms with Crippen LogP contribution in [0.15, 0.2) is 48.7 Å². The van der Waals surface area contributed by atoms with Crippen LogP contribution in [0.25, 0.3) is 10.9 Å². The second-order valence-corrected chi connectivity index (χ2v) is 5.02. The number of hydrogen-bond acceptors (Lipinski definition) is 1. The first kappa shape index (κ1) is 13.8. The highest BCUT2D eigenvalue weighted by molar-refractivity contribution is 5.81. The average Bonchev–Trinajstić information content (AvgIpc) is 2.46. The van der Waals surface area contributed by atoms with Gasteiger partial charge < -0.3 is 0 Å². The van der Waals surface area contributed by atoms with Gasteiger partial charge in [0, 0.05) is 11.6 Å². The summed E-state index contributed by atoms with van der Waals surface area (Å²) in [4.78, 5) is 4.49. The summed E-state index contributed by atoms with van der Waals surface area (Å²) in [7, 11) is 0. The van der Waals surface area contributed by atoms with Crippen molar-refractivity contribution in [1.82, 2.24) is 4.98 Å². The predicted octanol–water partition coefficient (Wildman–Crippen LogP) is 5.30. The maximum Gasteiger partial charge on any atom is 0.0737 e. The first-order valence-corrected chi connectivity index (χ1v) is 7.39. The second kappa shape index (κ2) is 7.73. The number of nitrogens with zero attached hydrogens (tertiary/aromatic N) is 1. The summed E-state index contributed by atoms with van der Waals surface area (Å²) in [6.45, 7) is 2.25. The van der Waals surface area contributed by atoms with Crippen LogP contribution in [0.1, 0.15) is 44.6 Å². The van der Waals surface area contributed by atoms with Crippen LogP contribution in [0.3, 0.4) is 0 Å². The smallest absolute Gasteiger partial charge is 0.0737 e. The average molecular weight is 253 g/mol. The van der Waals surface area contributed by atoms with Crippen LogP contribution in [-0.4, -0.2) is 4.98 Å². The highest BCUT2D eigenvalue weighted by Crippen LogP contribution is 2.16. The van der Waals surface area contributed by atoms with Gasteiger partial charge in [-0.05, 0) is 30.9 Å². The van der Waals surface area contributed by atoms with E-state index in [0.717, 1.165) is 11.9 Å². The molecule has 1 aromatic heterocycles. The molecule has 1 aromatic carbocycles. The first-order chi connectivity index (χ1) is 9.42. The Morgan fingerprint density at radius 1 is 1.00 bits per heavy atom. The second-order valence-electron chi connectivity index (χ2n) is 5.02. The molecule has 0 bridgehead atoms. The Balaban J connectivity index is 1.89.